The van der Waals surface area contributed by atoms with Gasteiger partial charge in [-0.2, -0.15) is 4.31 Å². The zero-order valence-electron chi connectivity index (χ0n) is 17.3. The molecule has 1 aliphatic rings. The van der Waals surface area contributed by atoms with Crippen molar-refractivity contribution in [3.63, 3.8) is 0 Å². The minimum absolute atomic E-state index is 0.0136. The number of hydrogen-bond acceptors (Lipinski definition) is 7. The van der Waals surface area contributed by atoms with Crippen molar-refractivity contribution in [1.29, 1.82) is 0 Å². The second-order valence-corrected chi connectivity index (χ2v) is 9.08. The van der Waals surface area contributed by atoms with Gasteiger partial charge in [-0.15, -0.1) is 0 Å². The molecule has 0 radical (unpaired) electrons. The maximum Gasteiger partial charge on any atom is 0.255 e. The molecule has 0 spiro atoms. The van der Waals surface area contributed by atoms with Crippen LogP contribution < -0.4 is 0 Å². The van der Waals surface area contributed by atoms with Gasteiger partial charge in [-0.05, 0) is 38.1 Å². The van der Waals surface area contributed by atoms with Gasteiger partial charge in [-0.3, -0.25) is 14.8 Å². The highest BCUT2D eigenvalue weighted by Crippen LogP contribution is 2.27. The van der Waals surface area contributed by atoms with E-state index in [9.17, 15) is 13.2 Å². The zero-order valence-corrected chi connectivity index (χ0v) is 18.1. The Morgan fingerprint density at radius 3 is 2.35 bits per heavy atom. The van der Waals surface area contributed by atoms with Crippen LogP contribution in [-0.4, -0.2) is 69.6 Å². The van der Waals surface area contributed by atoms with E-state index in [1.54, 1.807) is 61.5 Å². The van der Waals surface area contributed by atoms with E-state index >= 15 is 0 Å². The molecule has 4 rings (SSSR count). The average Bonchev–Trinajstić information content (AvgIpc) is 2.79. The number of pyridine rings is 2. The highest BCUT2D eigenvalue weighted by Gasteiger charge is 2.33. The summed E-state index contributed by atoms with van der Waals surface area (Å²) in [7, 11) is -3.86. The van der Waals surface area contributed by atoms with Gasteiger partial charge < -0.3 is 4.90 Å². The number of hydrogen-bond donors (Lipinski definition) is 0. The molecule has 0 unspecified atom stereocenters. The summed E-state index contributed by atoms with van der Waals surface area (Å²) in [6, 6.07) is 8.70. The number of carbonyl (C=O) groups excluding carboxylic acids is 1. The van der Waals surface area contributed by atoms with E-state index in [2.05, 4.69) is 19.9 Å². The van der Waals surface area contributed by atoms with Crippen LogP contribution in [0.1, 0.15) is 21.9 Å². The molecule has 10 heteroatoms. The zero-order chi connectivity index (χ0) is 22.0. The third-order valence-corrected chi connectivity index (χ3v) is 7.06. The lowest BCUT2D eigenvalue weighted by molar-refractivity contribution is 0.0696. The molecular weight excluding hydrogens is 416 g/mol. The van der Waals surface area contributed by atoms with E-state index in [1.165, 1.54) is 10.5 Å². The molecule has 31 heavy (non-hydrogen) atoms. The van der Waals surface area contributed by atoms with E-state index < -0.39 is 10.0 Å². The molecule has 9 nitrogen and oxygen atoms in total. The summed E-state index contributed by atoms with van der Waals surface area (Å²) in [5, 5.41) is 0. The molecule has 3 aromatic rings. The number of amides is 1. The van der Waals surface area contributed by atoms with Gasteiger partial charge in [0.15, 0.2) is 0 Å². The predicted octanol–water partition coefficient (Wildman–Crippen LogP) is 1.70. The monoisotopic (exact) mass is 438 g/mol. The molecule has 0 aromatic carbocycles. The van der Waals surface area contributed by atoms with Crippen LogP contribution in [0.15, 0.2) is 53.8 Å². The topological polar surface area (TPSA) is 109 Å². The first kappa shape index (κ1) is 21.0. The Morgan fingerprint density at radius 2 is 1.68 bits per heavy atom. The molecule has 1 amide bonds. The summed E-state index contributed by atoms with van der Waals surface area (Å²) in [6.45, 7) is 4.43. The lowest BCUT2D eigenvalue weighted by atomic mass is 10.1. The highest BCUT2D eigenvalue weighted by atomic mass is 32.2. The van der Waals surface area contributed by atoms with Gasteiger partial charge in [-0.1, -0.05) is 6.07 Å². The Bertz CT molecular complexity index is 1210. The van der Waals surface area contributed by atoms with Gasteiger partial charge in [0.1, 0.15) is 16.4 Å². The molecule has 1 saturated heterocycles. The van der Waals surface area contributed by atoms with Crippen LogP contribution in [0.25, 0.3) is 11.4 Å². The predicted molar refractivity (Wildman–Crippen MR) is 114 cm³/mol. The summed E-state index contributed by atoms with van der Waals surface area (Å²) < 4.78 is 28.2. The maximum atomic E-state index is 13.4. The largest absolute Gasteiger partial charge is 0.336 e. The van der Waals surface area contributed by atoms with E-state index in [-0.39, 0.29) is 42.7 Å². The minimum atomic E-state index is -3.86. The highest BCUT2D eigenvalue weighted by molar-refractivity contribution is 7.89. The van der Waals surface area contributed by atoms with Crippen molar-refractivity contribution in [3.8, 4) is 11.4 Å². The van der Waals surface area contributed by atoms with E-state index in [0.717, 1.165) is 0 Å². The van der Waals surface area contributed by atoms with Gasteiger partial charge in [-0.25, -0.2) is 18.4 Å². The van der Waals surface area contributed by atoms with Crippen LogP contribution in [0.5, 0.6) is 0 Å². The van der Waals surface area contributed by atoms with Crippen molar-refractivity contribution in [2.75, 3.05) is 26.2 Å². The normalized spacial score (nSPS) is 15.1. The van der Waals surface area contributed by atoms with Crippen LogP contribution >= 0.6 is 0 Å². The lowest BCUT2D eigenvalue weighted by Gasteiger charge is -2.34. The van der Waals surface area contributed by atoms with Crippen molar-refractivity contribution in [2.24, 2.45) is 0 Å². The first-order valence-electron chi connectivity index (χ1n) is 9.84. The number of rotatable bonds is 4. The summed E-state index contributed by atoms with van der Waals surface area (Å²) in [5.74, 6) is 0.317. The number of sulfonamides is 1. The third-order valence-electron chi connectivity index (χ3n) is 5.16. The van der Waals surface area contributed by atoms with Crippen molar-refractivity contribution in [2.45, 2.75) is 18.7 Å². The van der Waals surface area contributed by atoms with Crippen molar-refractivity contribution in [3.05, 3.63) is 66.0 Å². The molecule has 1 fully saturated rings. The Morgan fingerprint density at radius 1 is 0.935 bits per heavy atom. The van der Waals surface area contributed by atoms with E-state index in [4.69, 9.17) is 0 Å². The number of aromatic nitrogens is 4. The summed E-state index contributed by atoms with van der Waals surface area (Å²) in [6.07, 6.45) is 4.56. The Hall–Kier alpha value is -3.24. The van der Waals surface area contributed by atoms with Crippen molar-refractivity contribution < 1.29 is 13.2 Å². The summed E-state index contributed by atoms with van der Waals surface area (Å²) >= 11 is 0. The standard InChI is InChI=1S/C21H22N6O3S/c1-15-17(6-5-9-22-15)21(28)26-10-12-27(13-11-26)31(29,30)19-14-24-16(2)25-20(19)18-7-3-4-8-23-18/h3-9,14H,10-13H2,1-2H3. The van der Waals surface area contributed by atoms with Gasteiger partial charge in [0, 0.05) is 44.3 Å². The third kappa shape index (κ3) is 4.17. The van der Waals surface area contributed by atoms with Crippen LogP contribution in [-0.2, 0) is 10.0 Å². The fraction of sp³-hybridized carbons (Fsp3) is 0.286. The first-order valence-corrected chi connectivity index (χ1v) is 11.3. The molecule has 0 atom stereocenters. The molecule has 0 aliphatic carbocycles. The summed E-state index contributed by atoms with van der Waals surface area (Å²) in [4.78, 5) is 31.3. The molecule has 4 heterocycles. The molecular formula is C21H22N6O3S. The van der Waals surface area contributed by atoms with Gasteiger partial charge in [0.2, 0.25) is 10.0 Å². The first-order chi connectivity index (χ1) is 14.9. The minimum Gasteiger partial charge on any atom is -0.336 e. The quantitative estimate of drug-likeness (QED) is 0.610. The Kier molecular flexibility index (Phi) is 5.75. The number of nitrogens with zero attached hydrogens (tertiary/aromatic N) is 6. The number of piperazine rings is 1. The van der Waals surface area contributed by atoms with Gasteiger partial charge in [0.05, 0.1) is 17.5 Å². The van der Waals surface area contributed by atoms with Crippen LogP contribution in [0.2, 0.25) is 0 Å². The van der Waals surface area contributed by atoms with Gasteiger partial charge in [0.25, 0.3) is 5.91 Å². The second kappa shape index (κ2) is 8.48. The number of carbonyl (C=O) groups is 1. The second-order valence-electron chi connectivity index (χ2n) is 7.18. The van der Waals surface area contributed by atoms with E-state index in [0.29, 0.717) is 22.8 Å². The molecule has 3 aromatic heterocycles. The Balaban J connectivity index is 1.57. The molecule has 1 aliphatic heterocycles. The van der Waals surface area contributed by atoms with E-state index in [1.807, 2.05) is 0 Å². The molecule has 160 valence electrons. The average molecular weight is 439 g/mol. The smallest absolute Gasteiger partial charge is 0.255 e. The van der Waals surface area contributed by atoms with Crippen molar-refractivity contribution >= 4 is 15.9 Å². The fourth-order valence-corrected chi connectivity index (χ4v) is 4.99. The van der Waals surface area contributed by atoms with Crippen LogP contribution in [0, 0.1) is 13.8 Å². The SMILES string of the molecule is Cc1ncc(S(=O)(=O)N2CCN(C(=O)c3cccnc3C)CC2)c(-c2ccccn2)n1. The maximum absolute atomic E-state index is 13.4. The molecule has 0 saturated carbocycles. The van der Waals surface area contributed by atoms with Gasteiger partial charge >= 0.3 is 0 Å². The van der Waals surface area contributed by atoms with Crippen LogP contribution in [0.4, 0.5) is 0 Å². The summed E-state index contributed by atoms with van der Waals surface area (Å²) in [5.41, 5.74) is 1.92. The number of aryl methyl sites for hydroxylation is 2. The molecule has 0 N–H and O–H groups in total. The Labute approximate surface area is 180 Å². The molecule has 0 bridgehead atoms. The fourth-order valence-electron chi connectivity index (χ4n) is 3.49. The lowest BCUT2D eigenvalue weighted by Crippen LogP contribution is -2.50. The van der Waals surface area contributed by atoms with Crippen molar-refractivity contribution in [1.82, 2.24) is 29.1 Å². The van der Waals surface area contributed by atoms with Crippen LogP contribution in [0.3, 0.4) is 0 Å².